The van der Waals surface area contributed by atoms with E-state index >= 15 is 0 Å². The Morgan fingerprint density at radius 3 is 2.79 bits per heavy atom. The molecule has 1 amide bonds. The van der Waals surface area contributed by atoms with Crippen LogP contribution in [0.15, 0.2) is 12.3 Å². The molecule has 1 saturated carbocycles. The number of nitrogens with zero attached hydrogens (tertiary/aromatic N) is 2. The molecule has 2 heterocycles. The Bertz CT molecular complexity index is 495. The second-order valence-corrected chi connectivity index (χ2v) is 6.25. The number of rotatable bonds is 2. The molecular weight excluding hydrogens is 262 g/mol. The van der Waals surface area contributed by atoms with Gasteiger partial charge in [-0.3, -0.25) is 4.79 Å². The van der Waals surface area contributed by atoms with Gasteiger partial charge in [-0.15, -0.1) is 0 Å². The van der Waals surface area contributed by atoms with E-state index in [-0.39, 0.29) is 18.0 Å². The lowest BCUT2D eigenvalue weighted by atomic mass is 9.99. The van der Waals surface area contributed by atoms with Crippen LogP contribution in [0.3, 0.4) is 0 Å². The molecule has 1 saturated heterocycles. The summed E-state index contributed by atoms with van der Waals surface area (Å²) in [6.07, 6.45) is 5.93. The number of piperidine rings is 1. The molecule has 2 N–H and O–H groups in total. The van der Waals surface area contributed by atoms with Crippen LogP contribution in [-0.4, -0.2) is 34.0 Å². The summed E-state index contributed by atoms with van der Waals surface area (Å²) < 4.78 is 2.05. The topological polar surface area (TPSA) is 51.3 Å². The molecule has 2 aliphatic rings. The van der Waals surface area contributed by atoms with Crippen molar-refractivity contribution in [2.24, 2.45) is 5.73 Å². The molecule has 2 unspecified atom stereocenters. The Morgan fingerprint density at radius 1 is 1.42 bits per heavy atom. The lowest BCUT2D eigenvalue weighted by Crippen LogP contribution is -2.48. The van der Waals surface area contributed by atoms with Gasteiger partial charge in [-0.1, -0.05) is 11.6 Å². The van der Waals surface area contributed by atoms with Crippen molar-refractivity contribution >= 4 is 17.5 Å². The first-order valence-corrected chi connectivity index (χ1v) is 7.38. The minimum Gasteiger partial charge on any atom is -0.339 e. The van der Waals surface area contributed by atoms with Gasteiger partial charge in [0.1, 0.15) is 5.69 Å². The first kappa shape index (κ1) is 13.0. The SMILES string of the molecule is CC1CC(N)CCN1C(=O)c1cc(Cl)cn1C1CC1. The Balaban J connectivity index is 1.83. The second-order valence-electron chi connectivity index (χ2n) is 5.81. The zero-order chi connectivity index (χ0) is 13.6. The molecule has 1 aliphatic heterocycles. The lowest BCUT2D eigenvalue weighted by molar-refractivity contribution is 0.0607. The maximum Gasteiger partial charge on any atom is 0.270 e. The summed E-state index contributed by atoms with van der Waals surface area (Å²) in [6.45, 7) is 2.82. The molecule has 1 aliphatic carbocycles. The van der Waals surface area contributed by atoms with Crippen LogP contribution in [0.25, 0.3) is 0 Å². The molecule has 0 bridgehead atoms. The maximum absolute atomic E-state index is 12.7. The molecule has 2 fully saturated rings. The zero-order valence-electron chi connectivity index (χ0n) is 11.2. The van der Waals surface area contributed by atoms with Gasteiger partial charge in [-0.2, -0.15) is 0 Å². The van der Waals surface area contributed by atoms with Crippen molar-refractivity contribution in [1.29, 1.82) is 0 Å². The van der Waals surface area contributed by atoms with Gasteiger partial charge < -0.3 is 15.2 Å². The number of halogens is 1. The number of hydrogen-bond acceptors (Lipinski definition) is 2. The van der Waals surface area contributed by atoms with Crippen LogP contribution < -0.4 is 5.73 Å². The smallest absolute Gasteiger partial charge is 0.270 e. The largest absolute Gasteiger partial charge is 0.339 e. The highest BCUT2D eigenvalue weighted by atomic mass is 35.5. The molecule has 19 heavy (non-hydrogen) atoms. The second kappa shape index (κ2) is 4.84. The van der Waals surface area contributed by atoms with Gasteiger partial charge in [0.15, 0.2) is 0 Å². The Hall–Kier alpha value is -1.00. The third-order valence-corrected chi connectivity index (χ3v) is 4.36. The average molecular weight is 282 g/mol. The Morgan fingerprint density at radius 2 is 2.16 bits per heavy atom. The number of amides is 1. The maximum atomic E-state index is 12.7. The number of likely N-dealkylation sites (tertiary alicyclic amines) is 1. The number of nitrogens with two attached hydrogens (primary N) is 1. The van der Waals surface area contributed by atoms with Crippen LogP contribution in [0.4, 0.5) is 0 Å². The lowest BCUT2D eigenvalue weighted by Gasteiger charge is -2.36. The van der Waals surface area contributed by atoms with Gasteiger partial charge >= 0.3 is 0 Å². The summed E-state index contributed by atoms with van der Waals surface area (Å²) >= 11 is 6.07. The van der Waals surface area contributed by atoms with E-state index in [2.05, 4.69) is 6.92 Å². The van der Waals surface area contributed by atoms with E-state index in [0.29, 0.717) is 11.1 Å². The summed E-state index contributed by atoms with van der Waals surface area (Å²) in [5.74, 6) is 0.0956. The molecule has 3 rings (SSSR count). The predicted molar refractivity (Wildman–Crippen MR) is 75.4 cm³/mol. The van der Waals surface area contributed by atoms with Crippen LogP contribution in [0.1, 0.15) is 49.1 Å². The van der Waals surface area contributed by atoms with Crippen molar-refractivity contribution in [3.8, 4) is 0 Å². The van der Waals surface area contributed by atoms with Crippen molar-refractivity contribution in [3.63, 3.8) is 0 Å². The van der Waals surface area contributed by atoms with Gasteiger partial charge in [0.2, 0.25) is 0 Å². The van der Waals surface area contributed by atoms with Crippen molar-refractivity contribution < 1.29 is 4.79 Å². The summed E-state index contributed by atoms with van der Waals surface area (Å²) in [7, 11) is 0. The summed E-state index contributed by atoms with van der Waals surface area (Å²) in [6, 6.07) is 2.69. The molecule has 1 aromatic heterocycles. The van der Waals surface area contributed by atoms with Crippen molar-refractivity contribution in [2.75, 3.05) is 6.54 Å². The Labute approximate surface area is 118 Å². The van der Waals surface area contributed by atoms with Gasteiger partial charge in [0, 0.05) is 30.9 Å². The van der Waals surface area contributed by atoms with E-state index in [9.17, 15) is 4.79 Å². The fraction of sp³-hybridized carbons (Fsp3) is 0.643. The van der Waals surface area contributed by atoms with Gasteiger partial charge in [-0.25, -0.2) is 0 Å². The molecule has 5 heteroatoms. The molecule has 0 radical (unpaired) electrons. The molecule has 2 atom stereocenters. The fourth-order valence-electron chi connectivity index (χ4n) is 2.93. The highest BCUT2D eigenvalue weighted by Gasteiger charge is 2.33. The number of aromatic nitrogens is 1. The third-order valence-electron chi connectivity index (χ3n) is 4.15. The minimum atomic E-state index is 0.0956. The van der Waals surface area contributed by atoms with Crippen LogP contribution >= 0.6 is 11.6 Å². The number of carbonyl (C=O) groups is 1. The molecule has 1 aromatic rings. The number of carbonyl (C=O) groups excluding carboxylic acids is 1. The molecule has 0 aromatic carbocycles. The van der Waals surface area contributed by atoms with Crippen LogP contribution in [0.5, 0.6) is 0 Å². The van der Waals surface area contributed by atoms with Crippen LogP contribution in [0, 0.1) is 0 Å². The standard InChI is InChI=1S/C14H20ClN3O/c1-9-6-11(16)4-5-17(9)14(19)13-7-10(15)8-18(13)12-2-3-12/h7-9,11-12H,2-6,16H2,1H3. The van der Waals surface area contributed by atoms with Crippen molar-refractivity contribution in [3.05, 3.63) is 23.0 Å². The normalized spacial score (nSPS) is 27.6. The first-order chi connectivity index (χ1) is 9.06. The number of hydrogen-bond donors (Lipinski definition) is 1. The molecule has 104 valence electrons. The van der Waals surface area contributed by atoms with E-state index in [1.165, 1.54) is 0 Å². The third kappa shape index (κ3) is 2.51. The van der Waals surface area contributed by atoms with E-state index in [1.54, 1.807) is 6.07 Å². The Kier molecular flexibility index (Phi) is 3.31. The van der Waals surface area contributed by atoms with E-state index in [1.807, 2.05) is 15.7 Å². The fourth-order valence-corrected chi connectivity index (χ4v) is 3.14. The van der Waals surface area contributed by atoms with Gasteiger partial charge in [0.05, 0.1) is 5.02 Å². The van der Waals surface area contributed by atoms with E-state index in [4.69, 9.17) is 17.3 Å². The van der Waals surface area contributed by atoms with E-state index in [0.717, 1.165) is 37.9 Å². The van der Waals surface area contributed by atoms with Gasteiger partial charge in [-0.05, 0) is 38.7 Å². The quantitative estimate of drug-likeness (QED) is 0.905. The monoisotopic (exact) mass is 281 g/mol. The van der Waals surface area contributed by atoms with Crippen molar-refractivity contribution in [2.45, 2.75) is 50.7 Å². The highest BCUT2D eigenvalue weighted by Crippen LogP contribution is 2.38. The first-order valence-electron chi connectivity index (χ1n) is 7.00. The summed E-state index contributed by atoms with van der Waals surface area (Å²) in [4.78, 5) is 14.6. The highest BCUT2D eigenvalue weighted by molar-refractivity contribution is 6.31. The van der Waals surface area contributed by atoms with Crippen molar-refractivity contribution in [1.82, 2.24) is 9.47 Å². The molecule has 4 nitrogen and oxygen atoms in total. The molecular formula is C14H20ClN3O. The van der Waals surface area contributed by atoms with E-state index < -0.39 is 0 Å². The average Bonchev–Trinajstić information content (AvgIpc) is 3.12. The predicted octanol–water partition coefficient (Wildman–Crippen LogP) is 2.43. The van der Waals surface area contributed by atoms with Gasteiger partial charge in [0.25, 0.3) is 5.91 Å². The summed E-state index contributed by atoms with van der Waals surface area (Å²) in [5, 5.41) is 0.650. The minimum absolute atomic E-state index is 0.0956. The summed E-state index contributed by atoms with van der Waals surface area (Å²) in [5.41, 5.74) is 6.69. The van der Waals surface area contributed by atoms with Crippen LogP contribution in [0.2, 0.25) is 5.02 Å². The molecule has 0 spiro atoms. The van der Waals surface area contributed by atoms with Crippen LogP contribution in [-0.2, 0) is 0 Å². The zero-order valence-corrected chi connectivity index (χ0v) is 11.9.